The first-order valence-corrected chi connectivity index (χ1v) is 16.3. The van der Waals surface area contributed by atoms with Gasteiger partial charge >= 0.3 is 5.97 Å². The molecule has 0 aromatic carbocycles. The molecule has 0 bridgehead atoms. The van der Waals surface area contributed by atoms with Crippen molar-refractivity contribution in [2.75, 3.05) is 13.1 Å². The lowest BCUT2D eigenvalue weighted by Gasteiger charge is -2.71. The second-order valence-corrected chi connectivity index (χ2v) is 17.0. The fourth-order valence-corrected chi connectivity index (χ4v) is 11.9. The van der Waals surface area contributed by atoms with Crippen LogP contribution in [0.25, 0.3) is 0 Å². The summed E-state index contributed by atoms with van der Waals surface area (Å²) in [5.41, 5.74) is 0.934. The Labute approximate surface area is 243 Å². The third-order valence-electron chi connectivity index (χ3n) is 14.4. The largest absolute Gasteiger partial charge is 0.481 e. The number of rotatable bonds is 4. The van der Waals surface area contributed by atoms with Crippen molar-refractivity contribution in [3.63, 3.8) is 0 Å². The molecule has 1 amide bonds. The Kier molecular flexibility index (Phi) is 7.01. The summed E-state index contributed by atoms with van der Waals surface area (Å²) in [4.78, 5) is 27.2. The van der Waals surface area contributed by atoms with E-state index < -0.39 is 17.5 Å². The van der Waals surface area contributed by atoms with E-state index in [1.807, 2.05) is 11.8 Å². The Hall–Kier alpha value is -1.36. The van der Waals surface area contributed by atoms with Crippen LogP contribution in [-0.2, 0) is 9.59 Å². The Balaban J connectivity index is 1.57. The second-order valence-electron chi connectivity index (χ2n) is 17.0. The molecular formula is C35H57NO4. The molecule has 0 unspecified atom stereocenters. The lowest BCUT2D eigenvalue weighted by molar-refractivity contribution is -0.221. The van der Waals surface area contributed by atoms with Crippen molar-refractivity contribution >= 4 is 11.9 Å². The zero-order valence-electron chi connectivity index (χ0n) is 26.9. The van der Waals surface area contributed by atoms with Crippen molar-refractivity contribution in [2.24, 2.45) is 56.2 Å². The lowest BCUT2D eigenvalue weighted by Crippen LogP contribution is -2.66. The molecule has 0 aliphatic heterocycles. The van der Waals surface area contributed by atoms with Gasteiger partial charge in [0.25, 0.3) is 0 Å². The number of nitrogens with zero attached hydrogens (tertiary/aromatic N) is 1. The van der Waals surface area contributed by atoms with Gasteiger partial charge in [-0.05, 0) is 110 Å². The molecule has 226 valence electrons. The van der Waals surface area contributed by atoms with Gasteiger partial charge in [0.05, 0.1) is 11.5 Å². The van der Waals surface area contributed by atoms with Crippen molar-refractivity contribution in [3.8, 4) is 0 Å². The molecule has 0 spiro atoms. The number of hydrogen-bond acceptors (Lipinski definition) is 3. The fourth-order valence-electron chi connectivity index (χ4n) is 11.9. The maximum Gasteiger partial charge on any atom is 0.310 e. The summed E-state index contributed by atoms with van der Waals surface area (Å²) in [5.74, 6) is 0.600. The highest BCUT2D eigenvalue weighted by Crippen LogP contribution is 2.76. The first-order valence-electron chi connectivity index (χ1n) is 16.3. The highest BCUT2D eigenvalue weighted by Gasteiger charge is 2.70. The van der Waals surface area contributed by atoms with E-state index in [0.717, 1.165) is 57.8 Å². The van der Waals surface area contributed by atoms with Crippen LogP contribution in [0.15, 0.2) is 11.6 Å². The van der Waals surface area contributed by atoms with Gasteiger partial charge in [-0.15, -0.1) is 0 Å². The van der Waals surface area contributed by atoms with Crippen LogP contribution in [0.4, 0.5) is 0 Å². The van der Waals surface area contributed by atoms with Crippen molar-refractivity contribution in [1.29, 1.82) is 0 Å². The topological polar surface area (TPSA) is 77.8 Å². The number of carboxylic acid groups (broad SMARTS) is 1. The number of aliphatic hydroxyl groups is 1. The summed E-state index contributed by atoms with van der Waals surface area (Å²) in [6, 6.07) is 0. The van der Waals surface area contributed by atoms with Crippen molar-refractivity contribution in [1.82, 2.24) is 4.90 Å². The number of carboxylic acids is 1. The molecule has 2 N–H and O–H groups in total. The van der Waals surface area contributed by atoms with E-state index in [0.29, 0.717) is 24.9 Å². The number of hydrogen-bond donors (Lipinski definition) is 2. The van der Waals surface area contributed by atoms with Gasteiger partial charge in [0, 0.05) is 25.9 Å². The minimum absolute atomic E-state index is 0.00846. The smallest absolute Gasteiger partial charge is 0.310 e. The molecule has 0 aromatic rings. The quantitative estimate of drug-likeness (QED) is 0.356. The maximum atomic E-state index is 12.9. The normalized spacial score (nSPS) is 47.0. The molecular weight excluding hydrogens is 498 g/mol. The lowest BCUT2D eigenvalue weighted by atomic mass is 9.33. The third-order valence-corrected chi connectivity index (χ3v) is 14.4. The van der Waals surface area contributed by atoms with Crippen LogP contribution in [0.1, 0.15) is 120 Å². The van der Waals surface area contributed by atoms with Gasteiger partial charge in [-0.1, -0.05) is 60.1 Å². The van der Waals surface area contributed by atoms with Crippen LogP contribution in [0.2, 0.25) is 0 Å². The van der Waals surface area contributed by atoms with Crippen LogP contribution in [0, 0.1) is 56.2 Å². The Morgan fingerprint density at radius 2 is 1.60 bits per heavy atom. The van der Waals surface area contributed by atoms with E-state index >= 15 is 0 Å². The fraction of sp³-hybridized carbons (Fsp3) is 0.886. The average Bonchev–Trinajstić information content (AvgIpc) is 2.85. The van der Waals surface area contributed by atoms with Crippen LogP contribution in [0.5, 0.6) is 0 Å². The zero-order chi connectivity index (χ0) is 29.7. The van der Waals surface area contributed by atoms with Gasteiger partial charge in [-0.3, -0.25) is 9.59 Å². The summed E-state index contributed by atoms with van der Waals surface area (Å²) in [7, 11) is 0. The molecule has 9 atom stereocenters. The predicted molar refractivity (Wildman–Crippen MR) is 159 cm³/mol. The van der Waals surface area contributed by atoms with Gasteiger partial charge < -0.3 is 15.1 Å². The van der Waals surface area contributed by atoms with Crippen LogP contribution >= 0.6 is 0 Å². The number of carbonyl (C=O) groups is 2. The molecule has 5 aliphatic rings. The SMILES string of the molecule is CCN(C[C@@H]1C[C@]2(C)[C@H]3CC=C4[C@@H]5CC(C)(C)CC[C@]5(C(=O)O)CC[C@@]4(C)[C@]3(C)CC[C@H]2C(C)(C)[C@H]1O)C(C)=O. The van der Waals surface area contributed by atoms with Crippen molar-refractivity contribution < 1.29 is 19.8 Å². The number of carbonyl (C=O) groups excluding carboxylic acids is 1. The minimum Gasteiger partial charge on any atom is -0.481 e. The van der Waals surface area contributed by atoms with E-state index in [4.69, 9.17) is 0 Å². The second kappa shape index (κ2) is 9.32. The first-order chi connectivity index (χ1) is 18.4. The number of allylic oxidation sites excluding steroid dienone is 2. The zero-order valence-corrected chi connectivity index (χ0v) is 26.9. The molecule has 40 heavy (non-hydrogen) atoms. The summed E-state index contributed by atoms with van der Waals surface area (Å²) in [5, 5.41) is 22.4. The molecule has 0 saturated heterocycles. The maximum absolute atomic E-state index is 12.9. The van der Waals surface area contributed by atoms with E-state index in [2.05, 4.69) is 54.5 Å². The number of aliphatic carboxylic acids is 1. The van der Waals surface area contributed by atoms with E-state index in [1.165, 1.54) is 5.57 Å². The van der Waals surface area contributed by atoms with Crippen LogP contribution in [0.3, 0.4) is 0 Å². The Morgan fingerprint density at radius 1 is 0.950 bits per heavy atom. The van der Waals surface area contributed by atoms with Gasteiger partial charge in [-0.2, -0.15) is 0 Å². The number of fused-ring (bicyclic) bond motifs is 7. The monoisotopic (exact) mass is 555 g/mol. The molecule has 0 heterocycles. The third kappa shape index (κ3) is 3.94. The Morgan fingerprint density at radius 3 is 2.20 bits per heavy atom. The van der Waals surface area contributed by atoms with Crippen LogP contribution in [-0.4, -0.2) is 46.2 Å². The van der Waals surface area contributed by atoms with Gasteiger partial charge in [0.15, 0.2) is 0 Å². The van der Waals surface area contributed by atoms with Crippen LogP contribution < -0.4 is 0 Å². The van der Waals surface area contributed by atoms with Gasteiger partial charge in [0.2, 0.25) is 5.91 Å². The summed E-state index contributed by atoms with van der Waals surface area (Å²) < 4.78 is 0. The van der Waals surface area contributed by atoms with E-state index in [9.17, 15) is 19.8 Å². The molecule has 5 heteroatoms. The molecule has 4 saturated carbocycles. The predicted octanol–water partition coefficient (Wildman–Crippen LogP) is 7.33. The van der Waals surface area contributed by atoms with Crippen molar-refractivity contribution in [3.05, 3.63) is 11.6 Å². The molecule has 0 aromatic heterocycles. The van der Waals surface area contributed by atoms with Gasteiger partial charge in [-0.25, -0.2) is 0 Å². The summed E-state index contributed by atoms with van der Waals surface area (Å²) in [6.45, 7) is 21.8. The Bertz CT molecular complexity index is 1090. The molecule has 0 radical (unpaired) electrons. The highest BCUT2D eigenvalue weighted by atomic mass is 16.4. The van der Waals surface area contributed by atoms with E-state index in [-0.39, 0.29) is 44.8 Å². The minimum atomic E-state index is -0.608. The van der Waals surface area contributed by atoms with E-state index in [1.54, 1.807) is 6.92 Å². The molecule has 5 rings (SSSR count). The number of amides is 1. The molecule has 5 aliphatic carbocycles. The highest BCUT2D eigenvalue weighted by molar-refractivity contribution is 5.76. The molecule has 4 fully saturated rings. The molecule has 5 nitrogen and oxygen atoms in total. The standard InChI is InChI=1S/C35H57NO4/c1-10-36(22(2)37)21-23-19-32(7)26(31(5,6)28(23)38)13-14-34(9)27(32)12-11-24-25-20-30(3,4)15-17-35(25,29(39)40)18-16-33(24,34)8/h11,23,25-28,38H,10,12-21H2,1-9H3,(H,39,40)/t23-,25-,26-,27+,28-,32-,33+,34+,35-/m0/s1. The first kappa shape index (κ1) is 30.1. The number of aliphatic hydroxyl groups excluding tert-OH is 1. The van der Waals surface area contributed by atoms with Crippen molar-refractivity contribution in [2.45, 2.75) is 126 Å². The van der Waals surface area contributed by atoms with Gasteiger partial charge in [0.1, 0.15) is 0 Å². The summed E-state index contributed by atoms with van der Waals surface area (Å²) in [6.07, 6.45) is 10.8. The average molecular weight is 556 g/mol. The summed E-state index contributed by atoms with van der Waals surface area (Å²) >= 11 is 0.